The molecule has 2 N–H and O–H groups in total. The maximum atomic E-state index is 9.18. The van der Waals surface area contributed by atoms with Crippen LogP contribution in [0.1, 0.15) is 12.8 Å². The summed E-state index contributed by atoms with van der Waals surface area (Å²) in [6.45, 7) is 7.41. The first-order valence-electron chi connectivity index (χ1n) is 7.22. The second-order valence-electron chi connectivity index (χ2n) is 5.52. The van der Waals surface area contributed by atoms with Gasteiger partial charge in [0.25, 0.3) is 0 Å². The maximum absolute atomic E-state index is 9.18. The maximum Gasteiger partial charge on any atom is 0.376 e. The van der Waals surface area contributed by atoms with E-state index < -0.39 is 0 Å². The Bertz CT molecular complexity index is 315. The van der Waals surface area contributed by atoms with Crippen molar-refractivity contribution in [3.05, 3.63) is 12.2 Å². The molecular formula is C12H24B2N2O3. The molecule has 3 heterocycles. The van der Waals surface area contributed by atoms with Crippen molar-refractivity contribution in [3.8, 4) is 0 Å². The monoisotopic (exact) mass is 266 g/mol. The van der Waals surface area contributed by atoms with Crippen LogP contribution in [0.3, 0.4) is 0 Å². The molecule has 3 rings (SSSR count). The Balaban J connectivity index is 0.000000141. The Kier molecular flexibility index (Phi) is 5.47. The number of nitrogens with zero attached hydrogens (tertiary/aromatic N) is 2. The first kappa shape index (κ1) is 15.1. The Hall–Kier alpha value is -0.330. The predicted molar refractivity (Wildman–Crippen MR) is 77.9 cm³/mol. The van der Waals surface area contributed by atoms with Crippen molar-refractivity contribution in [2.75, 3.05) is 26.2 Å². The molecular weight excluding hydrogens is 242 g/mol. The molecule has 0 aliphatic carbocycles. The van der Waals surface area contributed by atoms with Gasteiger partial charge in [-0.2, -0.15) is 0 Å². The van der Waals surface area contributed by atoms with E-state index in [9.17, 15) is 5.02 Å². The molecule has 3 aliphatic rings. The molecule has 0 spiro atoms. The molecule has 0 aromatic heterocycles. The first-order valence-corrected chi connectivity index (χ1v) is 7.22. The fraction of sp³-hybridized carbons (Fsp3) is 0.833. The van der Waals surface area contributed by atoms with E-state index >= 15 is 0 Å². The lowest BCUT2D eigenvalue weighted by molar-refractivity contribution is 0.328. The van der Waals surface area contributed by atoms with Crippen molar-refractivity contribution >= 4 is 14.1 Å². The minimum Gasteiger partial charge on any atom is -0.437 e. The van der Waals surface area contributed by atoms with E-state index in [4.69, 9.17) is 9.76 Å². The normalized spacial score (nSPS) is 30.1. The van der Waals surface area contributed by atoms with Crippen LogP contribution in [0.15, 0.2) is 12.2 Å². The van der Waals surface area contributed by atoms with Gasteiger partial charge in [0.15, 0.2) is 0 Å². The van der Waals surface area contributed by atoms with Crippen molar-refractivity contribution in [1.82, 2.24) is 9.62 Å². The average Bonchev–Trinajstić information content (AvgIpc) is 3.18. The Morgan fingerprint density at radius 3 is 2.26 bits per heavy atom. The molecule has 0 saturated carbocycles. The lowest BCUT2D eigenvalue weighted by Gasteiger charge is -2.24. The predicted octanol–water partition coefficient (Wildman–Crippen LogP) is -0.0716. The zero-order valence-corrected chi connectivity index (χ0v) is 11.9. The summed E-state index contributed by atoms with van der Waals surface area (Å²) in [5.74, 6) is 0. The highest BCUT2D eigenvalue weighted by Gasteiger charge is 2.44. The number of hydrogen-bond donors (Lipinski definition) is 2. The standard InChI is InChI=1S/C6H12BNO2.C6H12BNO/c1-7(9)8-3-2-5-6(4-8)10-5;1-7(9)8-5-3-2-4-6-8/h5-6,9H,2-4H2,1H3;2-3,9H,4-6H2,1H3. The molecule has 5 nitrogen and oxygen atoms in total. The van der Waals surface area contributed by atoms with Crippen LogP contribution in [0.25, 0.3) is 0 Å². The zero-order valence-electron chi connectivity index (χ0n) is 11.9. The lowest BCUT2D eigenvalue weighted by atomic mass is 9.83. The second-order valence-corrected chi connectivity index (χ2v) is 5.52. The van der Waals surface area contributed by atoms with Gasteiger partial charge in [-0.1, -0.05) is 12.2 Å². The van der Waals surface area contributed by atoms with E-state index in [1.165, 1.54) is 0 Å². The van der Waals surface area contributed by atoms with Crippen LogP contribution in [0, 0.1) is 0 Å². The summed E-state index contributed by atoms with van der Waals surface area (Å²) in [6.07, 6.45) is 7.37. The van der Waals surface area contributed by atoms with Gasteiger partial charge in [-0.05, 0) is 39.6 Å². The highest BCUT2D eigenvalue weighted by atomic mass is 16.6. The smallest absolute Gasteiger partial charge is 0.376 e. The van der Waals surface area contributed by atoms with Gasteiger partial charge in [0.2, 0.25) is 0 Å². The topological polar surface area (TPSA) is 59.5 Å². The molecule has 2 fully saturated rings. The average molecular weight is 266 g/mol. The first-order chi connectivity index (χ1) is 9.08. The van der Waals surface area contributed by atoms with Gasteiger partial charge in [-0.3, -0.25) is 0 Å². The third-order valence-corrected chi connectivity index (χ3v) is 3.95. The zero-order chi connectivity index (χ0) is 13.8. The van der Waals surface area contributed by atoms with Crippen molar-refractivity contribution in [2.24, 2.45) is 0 Å². The van der Waals surface area contributed by atoms with Crippen LogP contribution in [0.4, 0.5) is 0 Å². The molecule has 0 aromatic rings. The molecule has 0 aromatic carbocycles. The quantitative estimate of drug-likeness (QED) is 0.416. The Morgan fingerprint density at radius 1 is 1.05 bits per heavy atom. The highest BCUT2D eigenvalue weighted by Crippen LogP contribution is 2.30. The summed E-state index contributed by atoms with van der Waals surface area (Å²) in [4.78, 5) is 4.08. The number of epoxide rings is 1. The minimum absolute atomic E-state index is 0.282. The number of ether oxygens (including phenoxy) is 1. The van der Waals surface area contributed by atoms with Gasteiger partial charge in [0, 0.05) is 13.1 Å². The van der Waals surface area contributed by atoms with Crippen LogP contribution >= 0.6 is 0 Å². The van der Waals surface area contributed by atoms with Gasteiger partial charge < -0.3 is 24.4 Å². The van der Waals surface area contributed by atoms with Gasteiger partial charge in [0.05, 0.1) is 12.2 Å². The van der Waals surface area contributed by atoms with E-state index in [0.717, 1.165) is 39.0 Å². The third-order valence-electron chi connectivity index (χ3n) is 3.95. The largest absolute Gasteiger partial charge is 0.437 e. The van der Waals surface area contributed by atoms with Crippen LogP contribution in [-0.2, 0) is 4.74 Å². The van der Waals surface area contributed by atoms with Gasteiger partial charge in [-0.15, -0.1) is 0 Å². The molecule has 19 heavy (non-hydrogen) atoms. The van der Waals surface area contributed by atoms with Crippen molar-refractivity contribution in [2.45, 2.75) is 38.7 Å². The van der Waals surface area contributed by atoms with Crippen LogP contribution in [0.2, 0.25) is 13.6 Å². The molecule has 0 radical (unpaired) electrons. The Morgan fingerprint density at radius 2 is 1.79 bits per heavy atom. The van der Waals surface area contributed by atoms with E-state index in [1.54, 1.807) is 6.82 Å². The molecule has 2 saturated heterocycles. The molecule has 7 heteroatoms. The van der Waals surface area contributed by atoms with Crippen molar-refractivity contribution in [1.29, 1.82) is 0 Å². The Labute approximate surface area is 116 Å². The molecule has 106 valence electrons. The number of fused-ring (bicyclic) bond motifs is 1. The fourth-order valence-corrected chi connectivity index (χ4v) is 2.55. The van der Waals surface area contributed by atoms with E-state index in [-0.39, 0.29) is 14.1 Å². The van der Waals surface area contributed by atoms with E-state index in [1.807, 2.05) is 16.4 Å². The SMILES string of the molecule is CB(O)N1CC=CCC1.CB(O)N1CCC2OC2C1. The van der Waals surface area contributed by atoms with Gasteiger partial charge >= 0.3 is 14.1 Å². The number of piperidine rings is 1. The third kappa shape index (κ3) is 4.61. The molecule has 0 bridgehead atoms. The summed E-state index contributed by atoms with van der Waals surface area (Å²) in [6, 6.07) is 0. The molecule has 2 atom stereocenters. The lowest BCUT2D eigenvalue weighted by Crippen LogP contribution is -2.43. The molecule has 2 unspecified atom stereocenters. The molecule has 0 amide bonds. The van der Waals surface area contributed by atoms with Crippen LogP contribution in [0.5, 0.6) is 0 Å². The summed E-state index contributed by atoms with van der Waals surface area (Å²) in [7, 11) is -0.583. The summed E-state index contributed by atoms with van der Waals surface area (Å²) < 4.78 is 5.31. The summed E-state index contributed by atoms with van der Waals surface area (Å²) >= 11 is 0. The number of rotatable bonds is 2. The summed E-state index contributed by atoms with van der Waals surface area (Å²) in [5.41, 5.74) is 0. The fourth-order valence-electron chi connectivity index (χ4n) is 2.55. The van der Waals surface area contributed by atoms with Crippen molar-refractivity contribution < 1.29 is 14.8 Å². The molecule has 3 aliphatic heterocycles. The second kappa shape index (κ2) is 6.90. The summed E-state index contributed by atoms with van der Waals surface area (Å²) in [5, 5.41) is 18.3. The van der Waals surface area contributed by atoms with E-state index in [2.05, 4.69) is 12.2 Å². The van der Waals surface area contributed by atoms with E-state index in [0.29, 0.717) is 12.2 Å². The van der Waals surface area contributed by atoms with Gasteiger partial charge in [-0.25, -0.2) is 0 Å². The van der Waals surface area contributed by atoms with Crippen LogP contribution < -0.4 is 0 Å². The van der Waals surface area contributed by atoms with Crippen molar-refractivity contribution in [3.63, 3.8) is 0 Å². The minimum atomic E-state index is -0.301. The van der Waals surface area contributed by atoms with Crippen LogP contribution in [-0.4, -0.2) is 72.2 Å². The highest BCUT2D eigenvalue weighted by molar-refractivity contribution is 6.45. The number of hydrogen-bond acceptors (Lipinski definition) is 5. The van der Waals surface area contributed by atoms with Gasteiger partial charge in [0.1, 0.15) is 0 Å².